The van der Waals surface area contributed by atoms with Crippen molar-refractivity contribution in [1.29, 1.82) is 0 Å². The molecular weight excluding hydrogens is 381 g/mol. The molecule has 1 saturated heterocycles. The molecule has 4 atom stereocenters. The number of benzene rings is 1. The fraction of sp³-hybridized carbons (Fsp3) is 0.400. The normalized spacial score (nSPS) is 27.6. The summed E-state index contributed by atoms with van der Waals surface area (Å²) >= 11 is 2.34. The molecule has 3 N–H and O–H groups in total. The van der Waals surface area contributed by atoms with Crippen LogP contribution in [0.2, 0.25) is 0 Å². The minimum atomic E-state index is -4.68. The molecule has 25 heavy (non-hydrogen) atoms. The van der Waals surface area contributed by atoms with Gasteiger partial charge in [0.1, 0.15) is 17.8 Å². The molecular formula is C15H13F3O5S2. The zero-order chi connectivity index (χ0) is 18.4. The average Bonchev–Trinajstić information content (AvgIpc) is 2.53. The molecule has 0 unspecified atom stereocenters. The van der Waals surface area contributed by atoms with E-state index in [1.165, 1.54) is 30.0 Å². The highest BCUT2D eigenvalue weighted by Gasteiger charge is 2.38. The van der Waals surface area contributed by atoms with Crippen LogP contribution < -0.4 is 5.63 Å². The van der Waals surface area contributed by atoms with Crippen LogP contribution in [0.25, 0.3) is 11.0 Å². The van der Waals surface area contributed by atoms with Gasteiger partial charge in [0.15, 0.2) is 0 Å². The number of hydrogen-bond acceptors (Lipinski definition) is 7. The van der Waals surface area contributed by atoms with Crippen LogP contribution in [0.4, 0.5) is 13.2 Å². The quantitative estimate of drug-likeness (QED) is 0.672. The van der Waals surface area contributed by atoms with Crippen LogP contribution in [0.5, 0.6) is 0 Å². The fourth-order valence-corrected chi connectivity index (χ4v) is 5.14. The summed E-state index contributed by atoms with van der Waals surface area (Å²) < 4.78 is 43.4. The smallest absolute Gasteiger partial charge is 0.417 e. The molecule has 10 heteroatoms. The zero-order valence-corrected chi connectivity index (χ0v) is 14.1. The van der Waals surface area contributed by atoms with E-state index in [0.29, 0.717) is 11.0 Å². The number of alkyl halides is 3. The van der Waals surface area contributed by atoms with E-state index in [0.717, 1.165) is 11.8 Å². The number of fused-ring (bicyclic) bond motifs is 1. The predicted molar refractivity (Wildman–Crippen MR) is 87.6 cm³/mol. The lowest BCUT2D eigenvalue weighted by atomic mass is 10.1. The van der Waals surface area contributed by atoms with Crippen LogP contribution in [-0.2, 0) is 6.18 Å². The molecule has 1 fully saturated rings. The highest BCUT2D eigenvalue weighted by atomic mass is 32.2. The van der Waals surface area contributed by atoms with Crippen LogP contribution in [0.1, 0.15) is 5.56 Å². The standard InChI is InChI=1S/C15H13F3O5S2/c16-15(17,18)8-4-11(20)23-10-3-6(1-2-7(8)10)25-14-13(22)12(21)9(19)5-24-14/h1-4,9,12-14,19,21-22H,5H2/t9-,12+,13-,14+/m1/s1. The topological polar surface area (TPSA) is 90.9 Å². The van der Waals surface area contributed by atoms with Gasteiger partial charge >= 0.3 is 11.8 Å². The Bertz CT molecular complexity index is 838. The van der Waals surface area contributed by atoms with Gasteiger partial charge in [-0.15, -0.1) is 23.5 Å². The van der Waals surface area contributed by atoms with E-state index in [1.807, 2.05) is 0 Å². The highest BCUT2D eigenvalue weighted by Crippen LogP contribution is 2.40. The fourth-order valence-electron chi connectivity index (χ4n) is 2.47. The van der Waals surface area contributed by atoms with Gasteiger partial charge in [-0.2, -0.15) is 13.2 Å². The van der Waals surface area contributed by atoms with E-state index < -0.39 is 40.3 Å². The molecule has 0 aliphatic carbocycles. The molecule has 2 heterocycles. The van der Waals surface area contributed by atoms with Gasteiger partial charge < -0.3 is 19.7 Å². The van der Waals surface area contributed by atoms with Crippen molar-refractivity contribution in [1.82, 2.24) is 0 Å². The molecule has 1 aromatic heterocycles. The van der Waals surface area contributed by atoms with Gasteiger partial charge in [0, 0.05) is 22.1 Å². The molecule has 1 aliphatic rings. The van der Waals surface area contributed by atoms with E-state index >= 15 is 0 Å². The Kier molecular flexibility index (Phi) is 5.09. The van der Waals surface area contributed by atoms with E-state index in [2.05, 4.69) is 0 Å². The maximum absolute atomic E-state index is 13.0. The van der Waals surface area contributed by atoms with Crippen molar-refractivity contribution in [2.75, 3.05) is 5.75 Å². The van der Waals surface area contributed by atoms with Crippen LogP contribution in [0, 0.1) is 0 Å². The highest BCUT2D eigenvalue weighted by molar-refractivity contribution is 8.17. The van der Waals surface area contributed by atoms with Gasteiger partial charge in [-0.05, 0) is 18.2 Å². The van der Waals surface area contributed by atoms with Gasteiger partial charge in [-0.25, -0.2) is 4.79 Å². The van der Waals surface area contributed by atoms with Crippen molar-refractivity contribution < 1.29 is 32.9 Å². The summed E-state index contributed by atoms with van der Waals surface area (Å²) in [6.45, 7) is 0. The van der Waals surface area contributed by atoms with Crippen LogP contribution >= 0.6 is 23.5 Å². The minimum absolute atomic E-state index is 0.208. The van der Waals surface area contributed by atoms with Crippen molar-refractivity contribution in [3.05, 3.63) is 40.2 Å². The summed E-state index contributed by atoms with van der Waals surface area (Å²) in [7, 11) is 0. The Morgan fingerprint density at radius 2 is 1.88 bits per heavy atom. The third kappa shape index (κ3) is 3.82. The first-order valence-electron chi connectivity index (χ1n) is 7.14. The minimum Gasteiger partial charge on any atom is -0.423 e. The zero-order valence-electron chi connectivity index (χ0n) is 12.4. The van der Waals surface area contributed by atoms with Gasteiger partial charge in [0.2, 0.25) is 0 Å². The summed E-state index contributed by atoms with van der Waals surface area (Å²) in [6.07, 6.45) is -8.23. The molecule has 0 saturated carbocycles. The Balaban J connectivity index is 1.93. The summed E-state index contributed by atoms with van der Waals surface area (Å²) in [6, 6.07) is 4.33. The van der Waals surface area contributed by atoms with E-state index in [9.17, 15) is 33.3 Å². The molecule has 1 aromatic carbocycles. The number of thioether (sulfide) groups is 2. The molecule has 0 amide bonds. The Labute approximate surface area is 147 Å². The second kappa shape index (κ2) is 6.84. The predicted octanol–water partition coefficient (Wildman–Crippen LogP) is 2.06. The van der Waals surface area contributed by atoms with Crippen molar-refractivity contribution in [2.24, 2.45) is 0 Å². The molecule has 1 aliphatic heterocycles. The number of hydrogen-bond donors (Lipinski definition) is 3. The maximum atomic E-state index is 13.0. The number of rotatable bonds is 2. The summed E-state index contributed by atoms with van der Waals surface area (Å²) in [5.41, 5.74) is -2.38. The van der Waals surface area contributed by atoms with Gasteiger partial charge in [-0.1, -0.05) is 0 Å². The molecule has 0 bridgehead atoms. The number of aliphatic hydroxyl groups is 3. The Morgan fingerprint density at radius 3 is 2.56 bits per heavy atom. The van der Waals surface area contributed by atoms with Gasteiger partial charge in [-0.3, -0.25) is 0 Å². The van der Waals surface area contributed by atoms with Crippen molar-refractivity contribution >= 4 is 34.5 Å². The van der Waals surface area contributed by atoms with E-state index in [-0.39, 0.29) is 16.7 Å². The first kappa shape index (κ1) is 18.6. The van der Waals surface area contributed by atoms with Crippen molar-refractivity contribution in [3.8, 4) is 0 Å². The largest absolute Gasteiger partial charge is 0.423 e. The number of aliphatic hydroxyl groups excluding tert-OH is 3. The lowest BCUT2D eigenvalue weighted by Gasteiger charge is -2.34. The lowest BCUT2D eigenvalue weighted by Crippen LogP contribution is -2.47. The third-order valence-electron chi connectivity index (χ3n) is 3.73. The summed E-state index contributed by atoms with van der Waals surface area (Å²) in [4.78, 5) is 11.9. The first-order chi connectivity index (χ1) is 11.7. The molecule has 0 spiro atoms. The molecule has 136 valence electrons. The molecule has 5 nitrogen and oxygen atoms in total. The van der Waals surface area contributed by atoms with Crippen molar-refractivity contribution in [3.63, 3.8) is 0 Å². The van der Waals surface area contributed by atoms with Gasteiger partial charge in [0.05, 0.1) is 16.2 Å². The van der Waals surface area contributed by atoms with E-state index in [4.69, 9.17) is 4.42 Å². The average molecular weight is 394 g/mol. The maximum Gasteiger partial charge on any atom is 0.417 e. The molecule has 2 aromatic rings. The Morgan fingerprint density at radius 1 is 1.16 bits per heavy atom. The van der Waals surface area contributed by atoms with E-state index in [1.54, 1.807) is 0 Å². The van der Waals surface area contributed by atoms with Crippen molar-refractivity contribution in [2.45, 2.75) is 34.0 Å². The Hall–Kier alpha value is -1.20. The van der Waals surface area contributed by atoms with Gasteiger partial charge in [0.25, 0.3) is 0 Å². The molecule has 0 radical (unpaired) electrons. The second-order valence-electron chi connectivity index (χ2n) is 5.50. The number of halogens is 3. The van der Waals surface area contributed by atoms with Crippen LogP contribution in [-0.4, -0.2) is 44.0 Å². The monoisotopic (exact) mass is 394 g/mol. The summed E-state index contributed by atoms with van der Waals surface area (Å²) in [5, 5.41) is 29.0. The van der Waals surface area contributed by atoms with Crippen LogP contribution in [0.3, 0.4) is 0 Å². The second-order valence-corrected chi connectivity index (χ2v) is 8.19. The molecule has 3 rings (SSSR count). The lowest BCUT2D eigenvalue weighted by molar-refractivity contribution is -0.136. The van der Waals surface area contributed by atoms with Crippen LogP contribution in [0.15, 0.2) is 38.4 Å². The SMILES string of the molecule is O=c1cc(C(F)(F)F)c2ccc(S[C@@H]3SC[C@@H](O)[C@H](O)[C@H]3O)cc2o1. The first-order valence-corrected chi connectivity index (χ1v) is 9.07. The summed E-state index contributed by atoms with van der Waals surface area (Å²) in [5.74, 6) is 0.219. The third-order valence-corrected chi connectivity index (χ3v) is 6.60.